The lowest BCUT2D eigenvalue weighted by molar-refractivity contribution is 0.0384. The van der Waals surface area contributed by atoms with E-state index in [2.05, 4.69) is 17.0 Å². The Bertz CT molecular complexity index is 366. The number of hydrogen-bond acceptors (Lipinski definition) is 2. The van der Waals surface area contributed by atoms with E-state index in [1.165, 1.54) is 17.7 Å². The van der Waals surface area contributed by atoms with Crippen LogP contribution in [0, 0.1) is 0 Å². The molecule has 0 amide bonds. The van der Waals surface area contributed by atoms with Gasteiger partial charge >= 0.3 is 0 Å². The molecule has 0 bridgehead atoms. The van der Waals surface area contributed by atoms with Gasteiger partial charge in [0.2, 0.25) is 0 Å². The van der Waals surface area contributed by atoms with Crippen LogP contribution in [0.15, 0.2) is 18.2 Å². The molecular weight excluding hydrogens is 198 g/mol. The molecule has 2 aliphatic rings. The van der Waals surface area contributed by atoms with E-state index in [0.717, 1.165) is 24.6 Å². The Morgan fingerprint density at radius 3 is 3.29 bits per heavy atom. The molecule has 1 aromatic carbocycles. The van der Waals surface area contributed by atoms with E-state index in [1.807, 2.05) is 6.07 Å². The van der Waals surface area contributed by atoms with E-state index in [4.69, 9.17) is 16.3 Å². The molecule has 0 aliphatic carbocycles. The van der Waals surface area contributed by atoms with Crippen LogP contribution in [0.3, 0.4) is 0 Å². The van der Waals surface area contributed by atoms with E-state index in [9.17, 15) is 0 Å². The van der Waals surface area contributed by atoms with Gasteiger partial charge in [0.25, 0.3) is 0 Å². The Hall–Kier alpha value is -0.730. The van der Waals surface area contributed by atoms with Crippen molar-refractivity contribution in [3.05, 3.63) is 28.8 Å². The van der Waals surface area contributed by atoms with E-state index in [-0.39, 0.29) is 0 Å². The predicted molar refractivity (Wildman–Crippen MR) is 56.6 cm³/mol. The van der Waals surface area contributed by atoms with Gasteiger partial charge in [-0.2, -0.15) is 0 Å². The van der Waals surface area contributed by atoms with Crippen LogP contribution < -0.4 is 4.90 Å². The van der Waals surface area contributed by atoms with Gasteiger partial charge in [0.15, 0.2) is 0 Å². The van der Waals surface area contributed by atoms with Gasteiger partial charge in [-0.15, -0.1) is 0 Å². The molecular formula is C11H12ClNO. The molecule has 3 heteroatoms. The van der Waals surface area contributed by atoms with Gasteiger partial charge in [0, 0.05) is 22.8 Å². The van der Waals surface area contributed by atoms with Gasteiger partial charge in [-0.1, -0.05) is 17.7 Å². The zero-order valence-electron chi connectivity index (χ0n) is 7.87. The molecule has 1 atom stereocenters. The van der Waals surface area contributed by atoms with Crippen molar-refractivity contribution in [3.63, 3.8) is 0 Å². The molecule has 0 aromatic heterocycles. The predicted octanol–water partition coefficient (Wildman–Crippen LogP) is 2.80. The van der Waals surface area contributed by atoms with Crippen LogP contribution in [0.4, 0.5) is 5.69 Å². The van der Waals surface area contributed by atoms with Crippen LogP contribution >= 0.6 is 11.6 Å². The monoisotopic (exact) mass is 209 g/mol. The summed E-state index contributed by atoms with van der Waals surface area (Å²) >= 11 is 6.00. The third-order valence-corrected chi connectivity index (χ3v) is 3.22. The SMILES string of the molecule is Clc1ccc2c(c1)N1CCC[C@H]1OC2. The summed E-state index contributed by atoms with van der Waals surface area (Å²) in [6, 6.07) is 6.05. The van der Waals surface area contributed by atoms with Gasteiger partial charge < -0.3 is 9.64 Å². The fraction of sp³-hybridized carbons (Fsp3) is 0.455. The average Bonchev–Trinajstić information content (AvgIpc) is 2.65. The first kappa shape index (κ1) is 8.57. The van der Waals surface area contributed by atoms with Crippen molar-refractivity contribution in [2.24, 2.45) is 0 Å². The molecule has 1 fully saturated rings. The molecule has 3 rings (SSSR count). The number of benzene rings is 1. The van der Waals surface area contributed by atoms with Crippen molar-refractivity contribution in [2.45, 2.75) is 25.7 Å². The Morgan fingerprint density at radius 1 is 1.43 bits per heavy atom. The van der Waals surface area contributed by atoms with Gasteiger partial charge in [-0.05, 0) is 25.0 Å². The second-order valence-corrected chi connectivity index (χ2v) is 4.31. The first-order chi connectivity index (χ1) is 6.84. The lowest BCUT2D eigenvalue weighted by Gasteiger charge is -2.33. The molecule has 2 aliphatic heterocycles. The van der Waals surface area contributed by atoms with Crippen LogP contribution in [0.2, 0.25) is 5.02 Å². The van der Waals surface area contributed by atoms with E-state index in [1.54, 1.807) is 0 Å². The van der Waals surface area contributed by atoms with Gasteiger partial charge in [-0.25, -0.2) is 0 Å². The summed E-state index contributed by atoms with van der Waals surface area (Å²) in [6.45, 7) is 1.83. The van der Waals surface area contributed by atoms with Crippen molar-refractivity contribution >= 4 is 17.3 Å². The van der Waals surface area contributed by atoms with E-state index in [0.29, 0.717) is 6.23 Å². The van der Waals surface area contributed by atoms with Gasteiger partial charge in [-0.3, -0.25) is 0 Å². The molecule has 2 heterocycles. The molecule has 74 valence electrons. The van der Waals surface area contributed by atoms with Crippen molar-refractivity contribution in [1.29, 1.82) is 0 Å². The summed E-state index contributed by atoms with van der Waals surface area (Å²) in [5.74, 6) is 0. The molecule has 0 radical (unpaired) electrons. The molecule has 1 saturated heterocycles. The highest BCUT2D eigenvalue weighted by atomic mass is 35.5. The Morgan fingerprint density at radius 2 is 2.36 bits per heavy atom. The molecule has 1 aromatic rings. The Labute approximate surface area is 88.4 Å². The summed E-state index contributed by atoms with van der Waals surface area (Å²) in [5.41, 5.74) is 2.53. The minimum absolute atomic E-state index is 0.293. The van der Waals surface area contributed by atoms with Crippen LogP contribution in [-0.2, 0) is 11.3 Å². The minimum Gasteiger partial charge on any atom is -0.354 e. The maximum atomic E-state index is 6.00. The molecule has 2 nitrogen and oxygen atoms in total. The Kier molecular flexibility index (Phi) is 1.92. The first-order valence-electron chi connectivity index (χ1n) is 5.01. The van der Waals surface area contributed by atoms with Crippen LogP contribution in [0.25, 0.3) is 0 Å². The second-order valence-electron chi connectivity index (χ2n) is 3.87. The van der Waals surface area contributed by atoms with Crippen LogP contribution in [0.1, 0.15) is 18.4 Å². The third kappa shape index (κ3) is 1.22. The summed E-state index contributed by atoms with van der Waals surface area (Å²) in [7, 11) is 0. The topological polar surface area (TPSA) is 12.5 Å². The fourth-order valence-corrected chi connectivity index (χ4v) is 2.46. The first-order valence-corrected chi connectivity index (χ1v) is 5.39. The summed E-state index contributed by atoms with van der Waals surface area (Å²) in [4.78, 5) is 2.32. The largest absolute Gasteiger partial charge is 0.354 e. The minimum atomic E-state index is 0.293. The zero-order chi connectivity index (χ0) is 9.54. The van der Waals surface area contributed by atoms with Crippen LogP contribution in [-0.4, -0.2) is 12.8 Å². The Balaban J connectivity index is 2.07. The van der Waals surface area contributed by atoms with Crippen molar-refractivity contribution < 1.29 is 4.74 Å². The number of rotatable bonds is 0. The zero-order valence-corrected chi connectivity index (χ0v) is 8.63. The number of halogens is 1. The van der Waals surface area contributed by atoms with E-state index < -0.39 is 0 Å². The smallest absolute Gasteiger partial charge is 0.130 e. The van der Waals surface area contributed by atoms with Crippen molar-refractivity contribution in [1.82, 2.24) is 0 Å². The summed E-state index contributed by atoms with van der Waals surface area (Å²) < 4.78 is 5.75. The number of fused-ring (bicyclic) bond motifs is 3. The van der Waals surface area contributed by atoms with E-state index >= 15 is 0 Å². The number of ether oxygens (including phenoxy) is 1. The molecule has 0 spiro atoms. The number of nitrogens with zero attached hydrogens (tertiary/aromatic N) is 1. The number of hydrogen-bond donors (Lipinski definition) is 0. The molecule has 0 saturated carbocycles. The third-order valence-electron chi connectivity index (χ3n) is 2.99. The molecule has 14 heavy (non-hydrogen) atoms. The highest BCUT2D eigenvalue weighted by Gasteiger charge is 2.30. The average molecular weight is 210 g/mol. The highest BCUT2D eigenvalue weighted by molar-refractivity contribution is 6.30. The maximum Gasteiger partial charge on any atom is 0.130 e. The van der Waals surface area contributed by atoms with Crippen molar-refractivity contribution in [2.75, 3.05) is 11.4 Å². The van der Waals surface area contributed by atoms with Gasteiger partial charge in [0.1, 0.15) is 6.23 Å². The quantitative estimate of drug-likeness (QED) is 0.652. The summed E-state index contributed by atoms with van der Waals surface area (Å²) in [6.07, 6.45) is 2.66. The second kappa shape index (κ2) is 3.14. The van der Waals surface area contributed by atoms with Crippen molar-refractivity contribution in [3.8, 4) is 0 Å². The molecule has 0 N–H and O–H groups in total. The number of anilines is 1. The molecule has 0 unspecified atom stereocenters. The normalized spacial score (nSPS) is 24.6. The lowest BCUT2D eigenvalue weighted by atomic mass is 10.1. The fourth-order valence-electron chi connectivity index (χ4n) is 2.30. The lowest BCUT2D eigenvalue weighted by Crippen LogP contribution is -2.35. The van der Waals surface area contributed by atoms with Crippen LogP contribution in [0.5, 0.6) is 0 Å². The van der Waals surface area contributed by atoms with Gasteiger partial charge in [0.05, 0.1) is 6.61 Å². The summed E-state index contributed by atoms with van der Waals surface area (Å²) in [5, 5.41) is 0.816. The highest BCUT2D eigenvalue weighted by Crippen LogP contribution is 2.35. The standard InChI is InChI=1S/C11H12ClNO/c12-9-4-3-8-7-14-11-2-1-5-13(11)10(8)6-9/h3-4,6,11H,1-2,5,7H2/t11-/m1/s1. The maximum absolute atomic E-state index is 6.00.